The number of benzene rings is 2. The summed E-state index contributed by atoms with van der Waals surface area (Å²) < 4.78 is 17.4. The molecule has 11 nitrogen and oxygen atoms in total. The van der Waals surface area contributed by atoms with Gasteiger partial charge >= 0.3 is 0 Å². The van der Waals surface area contributed by atoms with E-state index in [1.165, 1.54) is 22.7 Å². The number of hydrogen-bond acceptors (Lipinski definition) is 11. The highest BCUT2D eigenvalue weighted by atomic mass is 32.1. The van der Waals surface area contributed by atoms with Crippen molar-refractivity contribution >= 4 is 44.8 Å². The van der Waals surface area contributed by atoms with Crippen LogP contribution >= 0.6 is 22.7 Å². The van der Waals surface area contributed by atoms with Crippen LogP contribution in [-0.2, 0) is 11.4 Å². The number of ether oxygens (including phenoxy) is 3. The molecule has 0 radical (unpaired) electrons. The number of rotatable bonds is 9. The number of thiazole rings is 2. The molecule has 1 aliphatic rings. The third kappa shape index (κ3) is 6.70. The van der Waals surface area contributed by atoms with Crippen molar-refractivity contribution in [3.05, 3.63) is 113 Å². The molecule has 1 atom stereocenters. The van der Waals surface area contributed by atoms with Crippen LogP contribution in [0.3, 0.4) is 0 Å². The first-order valence-electron chi connectivity index (χ1n) is 14.1. The van der Waals surface area contributed by atoms with E-state index in [0.29, 0.717) is 50.2 Å². The van der Waals surface area contributed by atoms with E-state index >= 15 is 0 Å². The number of aromatic nitrogens is 4. The standard InChI is InChI=1S/C33H24N6O5S2/c40-30(38-32-36-25(18-45-32)23-8-3-4-13-34-23)21-6-5-7-22(14-21)42-16-20-11-12-24(35-15-20)26-19-46-33(37-26)39-31(41)29-17-43-27-9-1-2-10-28(27)44-29/h1-15,18-19,29H,16-17H2,(H,36,38,40)(H,37,39,41). The summed E-state index contributed by atoms with van der Waals surface area (Å²) in [5.74, 6) is 1.06. The highest BCUT2D eigenvalue weighted by Crippen LogP contribution is 2.32. The van der Waals surface area contributed by atoms with Crippen LogP contribution in [0.2, 0.25) is 0 Å². The maximum Gasteiger partial charge on any atom is 0.270 e. The fourth-order valence-corrected chi connectivity index (χ4v) is 5.88. The van der Waals surface area contributed by atoms with Crippen LogP contribution in [0.25, 0.3) is 22.8 Å². The van der Waals surface area contributed by atoms with Crippen LogP contribution in [0.4, 0.5) is 10.3 Å². The van der Waals surface area contributed by atoms with E-state index in [-0.39, 0.29) is 25.0 Å². The number of amides is 2. The van der Waals surface area contributed by atoms with Crippen molar-refractivity contribution in [1.29, 1.82) is 0 Å². The Bertz CT molecular complexity index is 2000. The number of pyridine rings is 2. The Morgan fingerprint density at radius 3 is 2.33 bits per heavy atom. The Labute approximate surface area is 270 Å². The van der Waals surface area contributed by atoms with Crippen LogP contribution in [0.15, 0.2) is 102 Å². The molecule has 0 bridgehead atoms. The summed E-state index contributed by atoms with van der Waals surface area (Å²) in [4.78, 5) is 43.4. The third-order valence-corrected chi connectivity index (χ3v) is 8.29. The van der Waals surface area contributed by atoms with E-state index in [9.17, 15) is 9.59 Å². The SMILES string of the molecule is O=C(Nc1nc(-c2ccccn2)cs1)c1cccc(OCc2ccc(-c3csc(NC(=O)C4COc5ccccc5O4)n3)nc2)c1. The molecule has 1 aliphatic heterocycles. The van der Waals surface area contributed by atoms with Crippen molar-refractivity contribution in [3.63, 3.8) is 0 Å². The lowest BCUT2D eigenvalue weighted by Gasteiger charge is -2.25. The van der Waals surface area contributed by atoms with E-state index in [1.807, 2.05) is 53.2 Å². The summed E-state index contributed by atoms with van der Waals surface area (Å²) in [6, 6.07) is 23.5. The van der Waals surface area contributed by atoms with Gasteiger partial charge in [0.05, 0.1) is 11.4 Å². The summed E-state index contributed by atoms with van der Waals surface area (Å²) in [5, 5.41) is 10.2. The fourth-order valence-electron chi connectivity index (χ4n) is 4.47. The molecule has 4 aromatic heterocycles. The zero-order valence-electron chi connectivity index (χ0n) is 24.0. The molecule has 0 saturated carbocycles. The van der Waals surface area contributed by atoms with Crippen molar-refractivity contribution in [1.82, 2.24) is 19.9 Å². The molecule has 5 heterocycles. The van der Waals surface area contributed by atoms with Crippen molar-refractivity contribution in [2.75, 3.05) is 17.2 Å². The second-order valence-electron chi connectivity index (χ2n) is 9.97. The third-order valence-electron chi connectivity index (χ3n) is 6.78. The number of fused-ring (bicyclic) bond motifs is 1. The van der Waals surface area contributed by atoms with Gasteiger partial charge in [0.1, 0.15) is 30.4 Å². The Hall–Kier alpha value is -5.66. The first-order chi connectivity index (χ1) is 22.6. The molecule has 46 heavy (non-hydrogen) atoms. The minimum atomic E-state index is -0.779. The first kappa shape index (κ1) is 29.1. The van der Waals surface area contributed by atoms with Gasteiger partial charge in [0.25, 0.3) is 11.8 Å². The second-order valence-corrected chi connectivity index (χ2v) is 11.7. The topological polar surface area (TPSA) is 137 Å². The molecule has 13 heteroatoms. The average Bonchev–Trinajstić information content (AvgIpc) is 3.78. The number of para-hydroxylation sites is 2. The van der Waals surface area contributed by atoms with Crippen molar-refractivity contribution in [2.24, 2.45) is 0 Å². The summed E-state index contributed by atoms with van der Waals surface area (Å²) in [7, 11) is 0. The molecule has 2 amide bonds. The Kier molecular flexibility index (Phi) is 8.30. The van der Waals surface area contributed by atoms with Gasteiger partial charge in [-0.2, -0.15) is 0 Å². The van der Waals surface area contributed by atoms with Gasteiger partial charge in [0.2, 0.25) is 6.10 Å². The van der Waals surface area contributed by atoms with Gasteiger partial charge in [0.15, 0.2) is 21.8 Å². The number of nitrogens with zero attached hydrogens (tertiary/aromatic N) is 4. The Morgan fingerprint density at radius 2 is 1.57 bits per heavy atom. The number of carbonyl (C=O) groups excluding carboxylic acids is 2. The van der Waals surface area contributed by atoms with Gasteiger partial charge in [-0.3, -0.25) is 30.2 Å². The van der Waals surface area contributed by atoms with Gasteiger partial charge in [-0.1, -0.05) is 30.3 Å². The molecule has 2 aromatic carbocycles. The molecule has 1 unspecified atom stereocenters. The van der Waals surface area contributed by atoms with E-state index in [1.54, 1.807) is 48.8 Å². The predicted molar refractivity (Wildman–Crippen MR) is 174 cm³/mol. The molecule has 228 valence electrons. The summed E-state index contributed by atoms with van der Waals surface area (Å²) in [6.07, 6.45) is 2.63. The molecule has 0 saturated heterocycles. The Balaban J connectivity index is 0.920. The lowest BCUT2D eigenvalue weighted by Crippen LogP contribution is -2.40. The zero-order valence-corrected chi connectivity index (χ0v) is 25.6. The van der Waals surface area contributed by atoms with Crippen molar-refractivity contribution in [2.45, 2.75) is 12.7 Å². The van der Waals surface area contributed by atoms with Crippen LogP contribution < -0.4 is 24.8 Å². The predicted octanol–water partition coefficient (Wildman–Crippen LogP) is 6.33. The number of hydrogen-bond donors (Lipinski definition) is 2. The molecular formula is C33H24N6O5S2. The molecule has 0 fully saturated rings. The molecule has 6 aromatic rings. The first-order valence-corrected chi connectivity index (χ1v) is 15.8. The number of nitrogens with one attached hydrogen (secondary N) is 2. The van der Waals surface area contributed by atoms with Gasteiger partial charge in [0, 0.05) is 34.3 Å². The number of carbonyl (C=O) groups is 2. The Morgan fingerprint density at radius 1 is 0.804 bits per heavy atom. The quantitative estimate of drug-likeness (QED) is 0.184. The smallest absolute Gasteiger partial charge is 0.270 e. The van der Waals surface area contributed by atoms with Crippen LogP contribution in [0.5, 0.6) is 17.2 Å². The van der Waals surface area contributed by atoms with E-state index in [2.05, 4.69) is 30.6 Å². The highest BCUT2D eigenvalue weighted by molar-refractivity contribution is 7.14. The monoisotopic (exact) mass is 648 g/mol. The molecule has 2 N–H and O–H groups in total. The second kappa shape index (κ2) is 13.1. The molecular weight excluding hydrogens is 625 g/mol. The van der Waals surface area contributed by atoms with Gasteiger partial charge in [-0.25, -0.2) is 9.97 Å². The molecule has 0 aliphatic carbocycles. The normalized spacial score (nSPS) is 13.5. The fraction of sp³-hybridized carbons (Fsp3) is 0.0909. The zero-order chi connectivity index (χ0) is 31.3. The van der Waals surface area contributed by atoms with Gasteiger partial charge in [-0.15, -0.1) is 22.7 Å². The molecule has 7 rings (SSSR count). The van der Waals surface area contributed by atoms with Crippen LogP contribution in [-0.4, -0.2) is 44.5 Å². The lowest BCUT2D eigenvalue weighted by molar-refractivity contribution is -0.125. The van der Waals surface area contributed by atoms with E-state index in [4.69, 9.17) is 14.2 Å². The highest BCUT2D eigenvalue weighted by Gasteiger charge is 2.28. The van der Waals surface area contributed by atoms with Crippen LogP contribution in [0, 0.1) is 0 Å². The van der Waals surface area contributed by atoms with Crippen LogP contribution in [0.1, 0.15) is 15.9 Å². The average molecular weight is 649 g/mol. The van der Waals surface area contributed by atoms with Crippen molar-refractivity contribution in [3.8, 4) is 40.0 Å². The summed E-state index contributed by atoms with van der Waals surface area (Å²) in [6.45, 7) is 0.369. The maximum absolute atomic E-state index is 12.9. The van der Waals surface area contributed by atoms with Crippen molar-refractivity contribution < 1.29 is 23.8 Å². The van der Waals surface area contributed by atoms with Gasteiger partial charge in [-0.05, 0) is 48.5 Å². The van der Waals surface area contributed by atoms with E-state index < -0.39 is 6.10 Å². The molecule has 0 spiro atoms. The summed E-state index contributed by atoms with van der Waals surface area (Å²) in [5.41, 5.74) is 4.00. The maximum atomic E-state index is 12.9. The number of anilines is 2. The van der Waals surface area contributed by atoms with Gasteiger partial charge < -0.3 is 14.2 Å². The minimum Gasteiger partial charge on any atom is -0.489 e. The lowest BCUT2D eigenvalue weighted by atomic mass is 10.2. The minimum absolute atomic E-state index is 0.115. The van der Waals surface area contributed by atoms with E-state index in [0.717, 1.165) is 11.3 Å². The summed E-state index contributed by atoms with van der Waals surface area (Å²) >= 11 is 2.63. The largest absolute Gasteiger partial charge is 0.489 e.